The number of rotatable bonds is 1. The predicted octanol–water partition coefficient (Wildman–Crippen LogP) is 2.60. The van der Waals surface area contributed by atoms with E-state index in [1.165, 1.54) is 6.08 Å². The Hall–Kier alpha value is -0.850. The lowest BCUT2D eigenvalue weighted by atomic mass is 10.0. The molecular weight excluding hydrogens is 115 g/mol. The fourth-order valence-corrected chi connectivity index (χ4v) is 0.830. The fourth-order valence-electron chi connectivity index (χ4n) is 0.830. The molecule has 0 aromatic heterocycles. The van der Waals surface area contributed by atoms with Gasteiger partial charge in [-0.2, -0.15) is 0 Å². The van der Waals surface area contributed by atoms with Gasteiger partial charge in [0.1, 0.15) is 5.83 Å². The molecule has 1 atom stereocenters. The first-order valence-electron chi connectivity index (χ1n) is 2.99. The van der Waals surface area contributed by atoms with E-state index in [9.17, 15) is 4.39 Å². The zero-order chi connectivity index (χ0) is 6.69. The van der Waals surface area contributed by atoms with Crippen molar-refractivity contribution in [3.8, 4) is 0 Å². The zero-order valence-corrected chi connectivity index (χ0v) is 5.18. The standard InChI is InChI=1S/C8H9F/c1-2-7-5-3-4-6-8(7)9/h2-4,6-7H,1,5H2. The molecule has 9 heavy (non-hydrogen) atoms. The second-order valence-electron chi connectivity index (χ2n) is 2.06. The van der Waals surface area contributed by atoms with Gasteiger partial charge in [-0.25, -0.2) is 4.39 Å². The maximum absolute atomic E-state index is 12.6. The van der Waals surface area contributed by atoms with E-state index in [1.54, 1.807) is 12.2 Å². The molecule has 1 aliphatic carbocycles. The van der Waals surface area contributed by atoms with E-state index in [0.717, 1.165) is 6.42 Å². The van der Waals surface area contributed by atoms with E-state index in [0.29, 0.717) is 0 Å². The van der Waals surface area contributed by atoms with Gasteiger partial charge in [0.15, 0.2) is 0 Å². The van der Waals surface area contributed by atoms with Crippen molar-refractivity contribution in [1.82, 2.24) is 0 Å². The summed E-state index contributed by atoms with van der Waals surface area (Å²) in [6.07, 6.45) is 7.54. The summed E-state index contributed by atoms with van der Waals surface area (Å²) in [6.45, 7) is 3.52. The summed E-state index contributed by atoms with van der Waals surface area (Å²) in [4.78, 5) is 0. The third-order valence-electron chi connectivity index (χ3n) is 1.42. The van der Waals surface area contributed by atoms with E-state index >= 15 is 0 Å². The van der Waals surface area contributed by atoms with E-state index in [4.69, 9.17) is 0 Å². The van der Waals surface area contributed by atoms with Crippen LogP contribution < -0.4 is 0 Å². The van der Waals surface area contributed by atoms with Crippen LogP contribution in [0.15, 0.2) is 36.7 Å². The summed E-state index contributed by atoms with van der Waals surface area (Å²) >= 11 is 0. The molecule has 0 N–H and O–H groups in total. The molecule has 1 aliphatic rings. The number of hydrogen-bond donors (Lipinski definition) is 0. The van der Waals surface area contributed by atoms with Crippen molar-refractivity contribution in [2.75, 3.05) is 0 Å². The molecule has 0 nitrogen and oxygen atoms in total. The van der Waals surface area contributed by atoms with Gasteiger partial charge in [-0.15, -0.1) is 6.58 Å². The molecule has 0 amide bonds. The van der Waals surface area contributed by atoms with Crippen molar-refractivity contribution in [3.63, 3.8) is 0 Å². The van der Waals surface area contributed by atoms with Crippen molar-refractivity contribution in [2.45, 2.75) is 6.42 Å². The van der Waals surface area contributed by atoms with Gasteiger partial charge in [0.25, 0.3) is 0 Å². The molecule has 48 valence electrons. The van der Waals surface area contributed by atoms with Crippen LogP contribution in [-0.2, 0) is 0 Å². The molecule has 0 spiro atoms. The summed E-state index contributed by atoms with van der Waals surface area (Å²) < 4.78 is 12.6. The van der Waals surface area contributed by atoms with Crippen molar-refractivity contribution in [3.05, 3.63) is 36.7 Å². The van der Waals surface area contributed by atoms with E-state index in [2.05, 4.69) is 6.58 Å². The Morgan fingerprint density at radius 2 is 2.56 bits per heavy atom. The topological polar surface area (TPSA) is 0 Å². The lowest BCUT2D eigenvalue weighted by Crippen LogP contribution is -1.97. The molecule has 1 unspecified atom stereocenters. The molecule has 0 heterocycles. The minimum atomic E-state index is -0.0764. The van der Waals surface area contributed by atoms with Crippen LogP contribution in [0, 0.1) is 5.92 Å². The number of allylic oxidation sites excluding steroid dienone is 5. The lowest BCUT2D eigenvalue weighted by molar-refractivity contribution is 0.523. The van der Waals surface area contributed by atoms with Crippen LogP contribution in [0.3, 0.4) is 0 Å². The average molecular weight is 124 g/mol. The van der Waals surface area contributed by atoms with Gasteiger partial charge >= 0.3 is 0 Å². The number of hydrogen-bond acceptors (Lipinski definition) is 0. The molecule has 0 aromatic carbocycles. The van der Waals surface area contributed by atoms with E-state index in [1.807, 2.05) is 6.08 Å². The Labute approximate surface area is 54.4 Å². The first-order chi connectivity index (χ1) is 4.34. The van der Waals surface area contributed by atoms with Crippen molar-refractivity contribution in [1.29, 1.82) is 0 Å². The molecule has 0 aliphatic heterocycles. The van der Waals surface area contributed by atoms with Gasteiger partial charge < -0.3 is 0 Å². The molecule has 1 rings (SSSR count). The summed E-state index contributed by atoms with van der Waals surface area (Å²) in [5.41, 5.74) is 0. The largest absolute Gasteiger partial charge is 0.211 e. The highest BCUT2D eigenvalue weighted by atomic mass is 19.1. The highest BCUT2D eigenvalue weighted by molar-refractivity contribution is 5.19. The Balaban J connectivity index is 2.69. The first kappa shape index (κ1) is 6.27. The van der Waals surface area contributed by atoms with Gasteiger partial charge in [0.05, 0.1) is 0 Å². The second-order valence-corrected chi connectivity index (χ2v) is 2.06. The van der Waals surface area contributed by atoms with E-state index in [-0.39, 0.29) is 11.7 Å². The Kier molecular flexibility index (Phi) is 1.83. The van der Waals surface area contributed by atoms with Crippen LogP contribution in [0.2, 0.25) is 0 Å². The Morgan fingerprint density at radius 3 is 3.00 bits per heavy atom. The van der Waals surface area contributed by atoms with Crippen molar-refractivity contribution in [2.24, 2.45) is 5.92 Å². The minimum Gasteiger partial charge on any atom is -0.211 e. The number of halogens is 1. The van der Waals surface area contributed by atoms with Crippen LogP contribution >= 0.6 is 0 Å². The second kappa shape index (κ2) is 2.62. The van der Waals surface area contributed by atoms with Crippen LogP contribution in [0.5, 0.6) is 0 Å². The third-order valence-corrected chi connectivity index (χ3v) is 1.42. The van der Waals surface area contributed by atoms with Crippen LogP contribution in [0.25, 0.3) is 0 Å². The SMILES string of the molecule is C=CC1CC=CC=C1F. The van der Waals surface area contributed by atoms with E-state index < -0.39 is 0 Å². The molecule has 0 saturated heterocycles. The predicted molar refractivity (Wildman–Crippen MR) is 36.6 cm³/mol. The smallest absolute Gasteiger partial charge is 0.107 e. The van der Waals surface area contributed by atoms with Crippen molar-refractivity contribution >= 4 is 0 Å². The van der Waals surface area contributed by atoms with Gasteiger partial charge in [0.2, 0.25) is 0 Å². The van der Waals surface area contributed by atoms with Gasteiger partial charge in [0, 0.05) is 5.92 Å². The molecule has 0 bridgehead atoms. The highest BCUT2D eigenvalue weighted by Gasteiger charge is 2.09. The summed E-state index contributed by atoms with van der Waals surface area (Å²) in [5, 5.41) is 0. The molecule has 0 radical (unpaired) electrons. The molecule has 0 fully saturated rings. The minimum absolute atomic E-state index is 0.0741. The molecule has 1 heteroatoms. The summed E-state index contributed by atoms with van der Waals surface area (Å²) in [7, 11) is 0. The molecule has 0 saturated carbocycles. The quantitative estimate of drug-likeness (QED) is 0.471. The average Bonchev–Trinajstić information content (AvgIpc) is 1.89. The lowest BCUT2D eigenvalue weighted by Gasteiger charge is -2.08. The summed E-state index contributed by atoms with van der Waals surface area (Å²) in [5.74, 6) is -0.150. The Morgan fingerprint density at radius 1 is 1.78 bits per heavy atom. The maximum Gasteiger partial charge on any atom is 0.107 e. The maximum atomic E-state index is 12.6. The van der Waals surface area contributed by atoms with Crippen molar-refractivity contribution < 1.29 is 4.39 Å². The van der Waals surface area contributed by atoms with Gasteiger partial charge in [-0.1, -0.05) is 18.2 Å². The van der Waals surface area contributed by atoms with Gasteiger partial charge in [-0.05, 0) is 12.5 Å². The Bertz CT molecular complexity index is 165. The fraction of sp³-hybridized carbons (Fsp3) is 0.250. The normalized spacial score (nSPS) is 25.4. The third kappa shape index (κ3) is 1.28. The van der Waals surface area contributed by atoms with Crippen LogP contribution in [0.4, 0.5) is 4.39 Å². The van der Waals surface area contributed by atoms with Gasteiger partial charge in [-0.3, -0.25) is 0 Å². The molecule has 0 aromatic rings. The first-order valence-corrected chi connectivity index (χ1v) is 2.99. The monoisotopic (exact) mass is 124 g/mol. The molecular formula is C8H9F. The van der Waals surface area contributed by atoms with Crippen LogP contribution in [-0.4, -0.2) is 0 Å². The van der Waals surface area contributed by atoms with Crippen LogP contribution in [0.1, 0.15) is 6.42 Å². The summed E-state index contributed by atoms with van der Waals surface area (Å²) in [6, 6.07) is 0. The zero-order valence-electron chi connectivity index (χ0n) is 5.18. The highest BCUT2D eigenvalue weighted by Crippen LogP contribution is 2.21.